The van der Waals surface area contributed by atoms with Crippen molar-refractivity contribution in [3.8, 4) is 5.75 Å². The first-order chi connectivity index (χ1) is 13.1. The molecule has 3 aromatic rings. The van der Waals surface area contributed by atoms with Gasteiger partial charge in [-0.3, -0.25) is 4.79 Å². The molecule has 1 heterocycles. The van der Waals surface area contributed by atoms with E-state index in [0.717, 1.165) is 16.8 Å². The van der Waals surface area contributed by atoms with Gasteiger partial charge in [0, 0.05) is 5.56 Å². The Balaban J connectivity index is 1.51. The molecule has 0 saturated heterocycles. The van der Waals surface area contributed by atoms with E-state index in [1.54, 1.807) is 6.21 Å². The Morgan fingerprint density at radius 3 is 2.85 bits per heavy atom. The zero-order chi connectivity index (χ0) is 19.1. The lowest BCUT2D eigenvalue weighted by Crippen LogP contribution is -2.19. The van der Waals surface area contributed by atoms with Gasteiger partial charge in [0.1, 0.15) is 11.3 Å². The molecule has 0 radical (unpaired) electrons. The largest absolute Gasteiger partial charge is 0.493 e. The first-order valence-corrected chi connectivity index (χ1v) is 9.62. The van der Waals surface area contributed by atoms with E-state index in [2.05, 4.69) is 29.4 Å². The number of rotatable bonds is 8. The second kappa shape index (κ2) is 9.23. The molecule has 0 aliphatic carbocycles. The summed E-state index contributed by atoms with van der Waals surface area (Å²) in [6.45, 7) is 4.80. The summed E-state index contributed by atoms with van der Waals surface area (Å²) in [5.41, 5.74) is 4.80. The standard InChI is InChI=1S/C20H21N3O3S/c1-14(2)12-25-17-9-5-3-7-15(17)11-21-23-19(24)13-27-20-22-16-8-4-6-10-18(16)26-20/h3-11,14H,12-13H2,1-2H3,(H,23,24)/b21-11-. The minimum atomic E-state index is -0.237. The lowest BCUT2D eigenvalue weighted by atomic mass is 10.2. The summed E-state index contributed by atoms with van der Waals surface area (Å²) >= 11 is 1.23. The predicted octanol–water partition coefficient (Wildman–Crippen LogP) is 4.11. The van der Waals surface area contributed by atoms with Crippen LogP contribution in [-0.4, -0.2) is 29.5 Å². The number of nitrogens with one attached hydrogen (secondary N) is 1. The number of oxazole rings is 1. The molecule has 0 bridgehead atoms. The number of aromatic nitrogens is 1. The summed E-state index contributed by atoms with van der Waals surface area (Å²) in [5, 5.41) is 4.48. The predicted molar refractivity (Wildman–Crippen MR) is 107 cm³/mol. The monoisotopic (exact) mass is 383 g/mol. The molecule has 27 heavy (non-hydrogen) atoms. The van der Waals surface area contributed by atoms with Gasteiger partial charge in [-0.05, 0) is 30.2 Å². The van der Waals surface area contributed by atoms with E-state index in [1.807, 2.05) is 48.5 Å². The van der Waals surface area contributed by atoms with Crippen molar-refractivity contribution in [1.29, 1.82) is 0 Å². The number of hydrazone groups is 1. The van der Waals surface area contributed by atoms with Crippen molar-refractivity contribution in [2.24, 2.45) is 11.0 Å². The van der Waals surface area contributed by atoms with Gasteiger partial charge in [0.2, 0.25) is 0 Å². The Bertz CT molecular complexity index is 904. The quantitative estimate of drug-likeness (QED) is 0.360. The molecule has 0 atom stereocenters. The molecule has 1 aromatic heterocycles. The number of thioether (sulfide) groups is 1. The van der Waals surface area contributed by atoms with Gasteiger partial charge in [0.05, 0.1) is 18.6 Å². The van der Waals surface area contributed by atoms with Gasteiger partial charge in [0.15, 0.2) is 5.58 Å². The lowest BCUT2D eigenvalue weighted by Gasteiger charge is -2.10. The molecule has 140 valence electrons. The van der Waals surface area contributed by atoms with Crippen molar-refractivity contribution in [3.05, 3.63) is 54.1 Å². The number of carbonyl (C=O) groups is 1. The van der Waals surface area contributed by atoms with Gasteiger partial charge in [-0.15, -0.1) is 0 Å². The van der Waals surface area contributed by atoms with Gasteiger partial charge in [-0.2, -0.15) is 5.10 Å². The summed E-state index contributed by atoms with van der Waals surface area (Å²) in [7, 11) is 0. The fourth-order valence-electron chi connectivity index (χ4n) is 2.22. The summed E-state index contributed by atoms with van der Waals surface area (Å²) in [6.07, 6.45) is 1.58. The maximum Gasteiger partial charge on any atom is 0.257 e. The molecule has 1 N–H and O–H groups in total. The highest BCUT2D eigenvalue weighted by Gasteiger charge is 2.08. The Kier molecular flexibility index (Phi) is 6.49. The average molecular weight is 383 g/mol. The van der Waals surface area contributed by atoms with Crippen LogP contribution in [0.15, 0.2) is 63.3 Å². The molecular weight excluding hydrogens is 362 g/mol. The van der Waals surface area contributed by atoms with Crippen molar-refractivity contribution < 1.29 is 13.9 Å². The van der Waals surface area contributed by atoms with Crippen molar-refractivity contribution in [2.45, 2.75) is 19.1 Å². The van der Waals surface area contributed by atoms with Crippen LogP contribution in [0.2, 0.25) is 0 Å². The van der Waals surface area contributed by atoms with Crippen molar-refractivity contribution >= 4 is 35.0 Å². The van der Waals surface area contributed by atoms with Crippen LogP contribution in [0.25, 0.3) is 11.1 Å². The number of ether oxygens (including phenoxy) is 1. The van der Waals surface area contributed by atoms with Gasteiger partial charge < -0.3 is 9.15 Å². The van der Waals surface area contributed by atoms with E-state index < -0.39 is 0 Å². The average Bonchev–Trinajstić information content (AvgIpc) is 3.08. The molecule has 0 spiro atoms. The topological polar surface area (TPSA) is 76.7 Å². The van der Waals surface area contributed by atoms with Gasteiger partial charge in [-0.25, -0.2) is 10.4 Å². The van der Waals surface area contributed by atoms with Gasteiger partial charge in [0.25, 0.3) is 11.1 Å². The third-order valence-electron chi connectivity index (χ3n) is 3.49. The lowest BCUT2D eigenvalue weighted by molar-refractivity contribution is -0.118. The van der Waals surface area contributed by atoms with Crippen molar-refractivity contribution in [3.63, 3.8) is 0 Å². The van der Waals surface area contributed by atoms with E-state index in [-0.39, 0.29) is 11.7 Å². The van der Waals surface area contributed by atoms with Gasteiger partial charge >= 0.3 is 0 Å². The van der Waals surface area contributed by atoms with Crippen LogP contribution >= 0.6 is 11.8 Å². The summed E-state index contributed by atoms with van der Waals surface area (Å²) in [6, 6.07) is 15.1. The first kappa shape index (κ1) is 19.0. The van der Waals surface area contributed by atoms with Crippen LogP contribution in [0.3, 0.4) is 0 Å². The third-order valence-corrected chi connectivity index (χ3v) is 4.31. The number of benzene rings is 2. The van der Waals surface area contributed by atoms with E-state index in [1.165, 1.54) is 11.8 Å². The molecule has 0 aliphatic rings. The van der Waals surface area contributed by atoms with E-state index in [9.17, 15) is 4.79 Å². The Morgan fingerprint density at radius 1 is 1.26 bits per heavy atom. The number of para-hydroxylation sites is 3. The number of amides is 1. The number of fused-ring (bicyclic) bond motifs is 1. The zero-order valence-electron chi connectivity index (χ0n) is 15.2. The Hall–Kier alpha value is -2.80. The molecule has 0 unspecified atom stereocenters. The van der Waals surface area contributed by atoms with Crippen molar-refractivity contribution in [2.75, 3.05) is 12.4 Å². The van der Waals surface area contributed by atoms with E-state index in [0.29, 0.717) is 23.3 Å². The molecule has 7 heteroatoms. The van der Waals surface area contributed by atoms with Crippen LogP contribution in [-0.2, 0) is 4.79 Å². The molecule has 1 amide bonds. The molecule has 6 nitrogen and oxygen atoms in total. The number of hydrogen-bond acceptors (Lipinski definition) is 6. The molecular formula is C20H21N3O3S. The van der Waals surface area contributed by atoms with E-state index in [4.69, 9.17) is 9.15 Å². The second-order valence-corrected chi connectivity index (χ2v) is 7.20. The number of nitrogens with zero attached hydrogens (tertiary/aromatic N) is 2. The highest BCUT2D eigenvalue weighted by atomic mass is 32.2. The highest BCUT2D eigenvalue weighted by Crippen LogP contribution is 2.22. The van der Waals surface area contributed by atoms with E-state index >= 15 is 0 Å². The fourth-order valence-corrected chi connectivity index (χ4v) is 2.85. The minimum Gasteiger partial charge on any atom is -0.493 e. The van der Waals surface area contributed by atoms with Crippen LogP contribution in [0.5, 0.6) is 5.75 Å². The molecule has 0 saturated carbocycles. The smallest absolute Gasteiger partial charge is 0.257 e. The third kappa shape index (κ3) is 5.59. The molecule has 3 rings (SSSR count). The van der Waals surface area contributed by atoms with Crippen LogP contribution < -0.4 is 10.2 Å². The Morgan fingerprint density at radius 2 is 2.04 bits per heavy atom. The Labute approximate surface area is 162 Å². The van der Waals surface area contributed by atoms with Gasteiger partial charge in [-0.1, -0.05) is 49.9 Å². The maximum atomic E-state index is 12.0. The fraction of sp³-hybridized carbons (Fsp3) is 0.250. The molecule has 0 fully saturated rings. The van der Waals surface area contributed by atoms with Crippen LogP contribution in [0.4, 0.5) is 0 Å². The number of hydrogen-bond donors (Lipinski definition) is 1. The zero-order valence-corrected chi connectivity index (χ0v) is 16.0. The van der Waals surface area contributed by atoms with Crippen LogP contribution in [0.1, 0.15) is 19.4 Å². The second-order valence-electron chi connectivity index (χ2n) is 6.27. The maximum absolute atomic E-state index is 12.0. The molecule has 0 aliphatic heterocycles. The molecule has 2 aromatic carbocycles. The first-order valence-electron chi connectivity index (χ1n) is 8.64. The van der Waals surface area contributed by atoms with Crippen LogP contribution in [0, 0.1) is 5.92 Å². The number of carbonyl (C=O) groups excluding carboxylic acids is 1. The minimum absolute atomic E-state index is 0.162. The SMILES string of the molecule is CC(C)COc1ccccc1/C=N\NC(=O)CSc1nc2ccccc2o1. The van der Waals surface area contributed by atoms with Crippen molar-refractivity contribution in [1.82, 2.24) is 10.4 Å². The summed E-state index contributed by atoms with van der Waals surface area (Å²) in [5.74, 6) is 1.10. The summed E-state index contributed by atoms with van der Waals surface area (Å²) in [4.78, 5) is 16.3. The summed E-state index contributed by atoms with van der Waals surface area (Å²) < 4.78 is 11.3. The highest BCUT2D eigenvalue weighted by molar-refractivity contribution is 7.99. The normalized spacial score (nSPS) is 11.4.